The second-order valence-electron chi connectivity index (χ2n) is 6.72. The van der Waals surface area contributed by atoms with Crippen LogP contribution in [0, 0.1) is 12.8 Å². The van der Waals surface area contributed by atoms with E-state index in [4.69, 9.17) is 0 Å². The summed E-state index contributed by atoms with van der Waals surface area (Å²) in [6, 6.07) is 5.59. The molecular formula is C19H26N4O2S. The summed E-state index contributed by atoms with van der Waals surface area (Å²) in [4.78, 5) is 23.9. The Morgan fingerprint density at radius 2 is 2.19 bits per heavy atom. The highest BCUT2D eigenvalue weighted by Crippen LogP contribution is 2.29. The first-order chi connectivity index (χ1) is 12.6. The number of thiazole rings is 1. The molecule has 0 saturated carbocycles. The van der Waals surface area contributed by atoms with Crippen LogP contribution in [0.2, 0.25) is 0 Å². The molecule has 3 rings (SSSR count). The minimum atomic E-state index is -0.552. The Kier molecular flexibility index (Phi) is 6.57. The molecule has 6 nitrogen and oxygen atoms in total. The molecule has 0 bridgehead atoms. The summed E-state index contributed by atoms with van der Waals surface area (Å²) in [5, 5.41) is 13.5. The number of nitrogens with zero attached hydrogens (tertiary/aromatic N) is 3. The summed E-state index contributed by atoms with van der Waals surface area (Å²) >= 11 is 1.67. The van der Waals surface area contributed by atoms with E-state index in [1.54, 1.807) is 17.5 Å². The molecule has 1 atom stereocenters. The molecule has 1 aliphatic heterocycles. The molecule has 1 aliphatic rings. The topological polar surface area (TPSA) is 78.4 Å². The molecular weight excluding hydrogens is 348 g/mol. The van der Waals surface area contributed by atoms with E-state index in [9.17, 15) is 9.90 Å². The fraction of sp³-hybridized carbons (Fsp3) is 0.526. The zero-order chi connectivity index (χ0) is 18.4. The van der Waals surface area contributed by atoms with Crippen LogP contribution in [0.4, 0.5) is 4.79 Å². The molecule has 0 aromatic carbocycles. The lowest BCUT2D eigenvalue weighted by Gasteiger charge is -2.34. The van der Waals surface area contributed by atoms with Crippen LogP contribution in [0.1, 0.15) is 41.6 Å². The number of rotatable bonds is 6. The predicted octanol–water partition coefficient (Wildman–Crippen LogP) is 2.93. The number of aliphatic hydroxyl groups excluding tert-OH is 1. The van der Waals surface area contributed by atoms with Crippen molar-refractivity contribution >= 4 is 17.4 Å². The molecule has 1 saturated heterocycles. The van der Waals surface area contributed by atoms with Gasteiger partial charge >= 0.3 is 6.03 Å². The number of hydrogen-bond donors (Lipinski definition) is 2. The lowest BCUT2D eigenvalue weighted by Crippen LogP contribution is -2.45. The summed E-state index contributed by atoms with van der Waals surface area (Å²) in [5.41, 5.74) is 3.68. The number of carbonyl (C=O) groups excluding carboxylic acids is 1. The SMILES string of the molecule is Cc1ncsc1CCCNC(=O)N1CCC([C@H](O)c2ccccn2)CC1. The van der Waals surface area contributed by atoms with E-state index >= 15 is 0 Å². The van der Waals surface area contributed by atoms with Gasteiger partial charge in [-0.2, -0.15) is 0 Å². The quantitative estimate of drug-likeness (QED) is 0.762. The molecule has 26 heavy (non-hydrogen) atoms. The number of likely N-dealkylation sites (tertiary alicyclic amines) is 1. The Balaban J connectivity index is 1.37. The van der Waals surface area contributed by atoms with Crippen molar-refractivity contribution in [2.24, 2.45) is 5.92 Å². The Labute approximate surface area is 158 Å². The normalized spacial score (nSPS) is 16.5. The zero-order valence-corrected chi connectivity index (χ0v) is 15.9. The maximum Gasteiger partial charge on any atom is 0.317 e. The number of carbonyl (C=O) groups is 1. The van der Waals surface area contributed by atoms with E-state index in [1.165, 1.54) is 4.88 Å². The van der Waals surface area contributed by atoms with Gasteiger partial charge in [-0.25, -0.2) is 9.78 Å². The van der Waals surface area contributed by atoms with E-state index < -0.39 is 6.10 Å². The number of aromatic nitrogens is 2. The lowest BCUT2D eigenvalue weighted by atomic mass is 9.89. The van der Waals surface area contributed by atoms with Gasteiger partial charge < -0.3 is 15.3 Å². The summed E-state index contributed by atoms with van der Waals surface area (Å²) in [6.07, 6.45) is 4.62. The summed E-state index contributed by atoms with van der Waals surface area (Å²) in [5.74, 6) is 0.156. The largest absolute Gasteiger partial charge is 0.387 e. The molecule has 0 spiro atoms. The molecule has 2 aromatic heterocycles. The van der Waals surface area contributed by atoms with Crippen molar-refractivity contribution in [2.75, 3.05) is 19.6 Å². The van der Waals surface area contributed by atoms with Gasteiger partial charge in [-0.05, 0) is 50.7 Å². The maximum atomic E-state index is 12.3. The number of urea groups is 1. The van der Waals surface area contributed by atoms with Crippen LogP contribution >= 0.6 is 11.3 Å². The number of piperidine rings is 1. The van der Waals surface area contributed by atoms with Crippen molar-refractivity contribution in [2.45, 2.75) is 38.7 Å². The highest BCUT2D eigenvalue weighted by molar-refractivity contribution is 7.09. The molecule has 0 radical (unpaired) electrons. The third-order valence-corrected chi connectivity index (χ3v) is 5.96. The second-order valence-corrected chi connectivity index (χ2v) is 7.66. The number of aryl methyl sites for hydroxylation is 2. The van der Waals surface area contributed by atoms with Crippen molar-refractivity contribution in [3.8, 4) is 0 Å². The van der Waals surface area contributed by atoms with Gasteiger partial charge in [0.2, 0.25) is 0 Å². The van der Waals surface area contributed by atoms with Crippen LogP contribution in [-0.2, 0) is 6.42 Å². The summed E-state index contributed by atoms with van der Waals surface area (Å²) in [6.45, 7) is 4.04. The number of amides is 2. The van der Waals surface area contributed by atoms with Crippen molar-refractivity contribution in [3.05, 3.63) is 46.2 Å². The Bertz CT molecular complexity index is 699. The van der Waals surface area contributed by atoms with E-state index in [0.717, 1.165) is 31.4 Å². The predicted molar refractivity (Wildman–Crippen MR) is 102 cm³/mol. The van der Waals surface area contributed by atoms with Gasteiger partial charge in [0, 0.05) is 30.7 Å². The monoisotopic (exact) mass is 374 g/mol. The van der Waals surface area contributed by atoms with Crippen LogP contribution in [0.3, 0.4) is 0 Å². The van der Waals surface area contributed by atoms with Crippen LogP contribution in [0.15, 0.2) is 29.9 Å². The number of hydrogen-bond acceptors (Lipinski definition) is 5. The van der Waals surface area contributed by atoms with Crippen molar-refractivity contribution in [1.29, 1.82) is 0 Å². The fourth-order valence-electron chi connectivity index (χ4n) is 3.33. The molecule has 2 aromatic rings. The van der Waals surface area contributed by atoms with Crippen molar-refractivity contribution in [1.82, 2.24) is 20.2 Å². The van der Waals surface area contributed by atoms with Crippen LogP contribution in [0.5, 0.6) is 0 Å². The average molecular weight is 375 g/mol. The third-order valence-electron chi connectivity index (χ3n) is 4.97. The van der Waals surface area contributed by atoms with Gasteiger partial charge in [-0.1, -0.05) is 6.07 Å². The number of nitrogens with one attached hydrogen (secondary N) is 1. The average Bonchev–Trinajstić information content (AvgIpc) is 3.10. The minimum absolute atomic E-state index is 0.00296. The summed E-state index contributed by atoms with van der Waals surface area (Å²) in [7, 11) is 0. The van der Waals surface area contributed by atoms with Crippen LogP contribution in [0.25, 0.3) is 0 Å². The highest BCUT2D eigenvalue weighted by Gasteiger charge is 2.28. The molecule has 0 unspecified atom stereocenters. The van der Waals surface area contributed by atoms with E-state index in [0.29, 0.717) is 25.3 Å². The van der Waals surface area contributed by atoms with Gasteiger partial charge in [0.25, 0.3) is 0 Å². The molecule has 140 valence electrons. The van der Waals surface area contributed by atoms with Gasteiger partial charge in [-0.15, -0.1) is 11.3 Å². The highest BCUT2D eigenvalue weighted by atomic mass is 32.1. The molecule has 2 amide bonds. The van der Waals surface area contributed by atoms with Crippen LogP contribution < -0.4 is 5.32 Å². The van der Waals surface area contributed by atoms with Crippen molar-refractivity contribution in [3.63, 3.8) is 0 Å². The van der Waals surface area contributed by atoms with Gasteiger partial charge in [0.1, 0.15) is 0 Å². The van der Waals surface area contributed by atoms with E-state index in [2.05, 4.69) is 15.3 Å². The minimum Gasteiger partial charge on any atom is -0.387 e. The Hall–Kier alpha value is -1.99. The first-order valence-electron chi connectivity index (χ1n) is 9.16. The smallest absolute Gasteiger partial charge is 0.317 e. The standard InChI is InChI=1S/C19H26N4O2S/c1-14-17(26-13-22-14)6-4-10-21-19(25)23-11-7-15(8-12-23)18(24)16-5-2-3-9-20-16/h2-3,5,9,13,15,18,24H,4,6-8,10-12H2,1H3,(H,21,25)/t18-/m0/s1. The van der Waals surface area contributed by atoms with Crippen LogP contribution in [-0.4, -0.2) is 45.6 Å². The van der Waals surface area contributed by atoms with E-state index in [-0.39, 0.29) is 11.9 Å². The fourth-order valence-corrected chi connectivity index (χ4v) is 4.16. The van der Waals surface area contributed by atoms with Gasteiger partial charge in [0.15, 0.2) is 0 Å². The lowest BCUT2D eigenvalue weighted by molar-refractivity contribution is 0.0636. The summed E-state index contributed by atoms with van der Waals surface area (Å²) < 4.78 is 0. The first-order valence-corrected chi connectivity index (χ1v) is 10.0. The molecule has 0 aliphatic carbocycles. The van der Waals surface area contributed by atoms with Gasteiger partial charge in [-0.3, -0.25) is 4.98 Å². The second kappa shape index (κ2) is 9.09. The molecule has 7 heteroatoms. The van der Waals surface area contributed by atoms with E-state index in [1.807, 2.05) is 35.5 Å². The molecule has 3 heterocycles. The Morgan fingerprint density at radius 3 is 2.85 bits per heavy atom. The first kappa shape index (κ1) is 18.8. The van der Waals surface area contributed by atoms with Gasteiger partial charge in [0.05, 0.1) is 23.0 Å². The number of aliphatic hydroxyl groups is 1. The zero-order valence-electron chi connectivity index (χ0n) is 15.1. The third kappa shape index (κ3) is 4.80. The maximum absolute atomic E-state index is 12.3. The molecule has 1 fully saturated rings. The molecule has 2 N–H and O–H groups in total. The van der Waals surface area contributed by atoms with Crippen molar-refractivity contribution < 1.29 is 9.90 Å². The number of pyridine rings is 1. The Morgan fingerprint density at radius 1 is 1.38 bits per heavy atom.